The van der Waals surface area contributed by atoms with E-state index in [1.54, 1.807) is 4.90 Å². The standard InChI is InChI=1S/C16H17N3O5/c1-10-4-3-7-17(8-10)13(20)9-18-15(21)11-5-2-6-12(19(23)24)14(11)16(18)22/h2,5-6,10H,3-4,7-9H2,1H3/t10-/m1/s1. The fourth-order valence-corrected chi connectivity index (χ4v) is 3.26. The van der Waals surface area contributed by atoms with Crippen molar-refractivity contribution in [1.82, 2.24) is 9.80 Å². The Hall–Kier alpha value is -2.77. The molecule has 8 nitrogen and oxygen atoms in total. The molecule has 8 heteroatoms. The van der Waals surface area contributed by atoms with Gasteiger partial charge in [-0.15, -0.1) is 0 Å². The number of fused-ring (bicyclic) bond motifs is 1. The van der Waals surface area contributed by atoms with Gasteiger partial charge in [0.2, 0.25) is 5.91 Å². The van der Waals surface area contributed by atoms with Crippen LogP contribution >= 0.6 is 0 Å². The number of rotatable bonds is 3. The molecule has 2 aliphatic rings. The molecule has 0 spiro atoms. The highest BCUT2D eigenvalue weighted by atomic mass is 16.6. The molecule has 0 aliphatic carbocycles. The van der Waals surface area contributed by atoms with Crippen LogP contribution in [-0.4, -0.2) is 52.1 Å². The lowest BCUT2D eigenvalue weighted by atomic mass is 10.0. The summed E-state index contributed by atoms with van der Waals surface area (Å²) < 4.78 is 0. The Bertz CT molecular complexity index is 745. The van der Waals surface area contributed by atoms with Gasteiger partial charge >= 0.3 is 0 Å². The van der Waals surface area contributed by atoms with Gasteiger partial charge in [-0.3, -0.25) is 29.4 Å². The maximum absolute atomic E-state index is 12.4. The average molecular weight is 331 g/mol. The van der Waals surface area contributed by atoms with Crippen LogP contribution in [0, 0.1) is 16.0 Å². The van der Waals surface area contributed by atoms with Crippen molar-refractivity contribution in [3.63, 3.8) is 0 Å². The number of nitro groups is 1. The molecule has 1 fully saturated rings. The molecule has 1 atom stereocenters. The van der Waals surface area contributed by atoms with Crippen molar-refractivity contribution in [2.45, 2.75) is 19.8 Å². The van der Waals surface area contributed by atoms with Gasteiger partial charge in [0.25, 0.3) is 17.5 Å². The summed E-state index contributed by atoms with van der Waals surface area (Å²) in [5.74, 6) is -1.36. The normalized spacial score (nSPS) is 20.3. The molecule has 126 valence electrons. The van der Waals surface area contributed by atoms with Gasteiger partial charge < -0.3 is 4.90 Å². The molecule has 2 heterocycles. The van der Waals surface area contributed by atoms with E-state index in [1.165, 1.54) is 18.2 Å². The first kappa shape index (κ1) is 16.1. The first-order valence-corrected chi connectivity index (χ1v) is 7.81. The van der Waals surface area contributed by atoms with Crippen molar-refractivity contribution in [1.29, 1.82) is 0 Å². The van der Waals surface area contributed by atoms with Crippen LogP contribution < -0.4 is 0 Å². The minimum absolute atomic E-state index is 0.0194. The number of amides is 3. The zero-order valence-electron chi connectivity index (χ0n) is 13.2. The maximum atomic E-state index is 12.4. The first-order chi connectivity index (χ1) is 11.4. The van der Waals surface area contributed by atoms with E-state index in [1.807, 2.05) is 6.92 Å². The summed E-state index contributed by atoms with van der Waals surface area (Å²) in [7, 11) is 0. The highest BCUT2D eigenvalue weighted by Gasteiger charge is 2.42. The van der Waals surface area contributed by atoms with Gasteiger partial charge in [-0.2, -0.15) is 0 Å². The van der Waals surface area contributed by atoms with E-state index in [-0.39, 0.29) is 23.6 Å². The number of piperidine rings is 1. The number of likely N-dealkylation sites (tertiary alicyclic amines) is 1. The lowest BCUT2D eigenvalue weighted by Crippen LogP contribution is -2.46. The lowest BCUT2D eigenvalue weighted by Gasteiger charge is -2.31. The van der Waals surface area contributed by atoms with Crippen molar-refractivity contribution in [3.8, 4) is 0 Å². The maximum Gasteiger partial charge on any atom is 0.282 e. The topological polar surface area (TPSA) is 101 Å². The Balaban J connectivity index is 1.82. The minimum atomic E-state index is -0.777. The lowest BCUT2D eigenvalue weighted by molar-refractivity contribution is -0.385. The van der Waals surface area contributed by atoms with Gasteiger partial charge in [0.05, 0.1) is 10.5 Å². The number of hydrogen-bond donors (Lipinski definition) is 0. The Morgan fingerprint density at radius 1 is 1.33 bits per heavy atom. The predicted octanol–water partition coefficient (Wildman–Crippen LogP) is 1.45. The second-order valence-electron chi connectivity index (χ2n) is 6.24. The molecule has 1 saturated heterocycles. The number of imide groups is 1. The fraction of sp³-hybridized carbons (Fsp3) is 0.438. The van der Waals surface area contributed by atoms with Gasteiger partial charge in [-0.25, -0.2) is 0 Å². The number of hydrogen-bond acceptors (Lipinski definition) is 5. The molecular weight excluding hydrogens is 314 g/mol. The largest absolute Gasteiger partial charge is 0.341 e. The molecular formula is C16H17N3O5. The number of benzene rings is 1. The third kappa shape index (κ3) is 2.64. The minimum Gasteiger partial charge on any atom is -0.341 e. The quantitative estimate of drug-likeness (QED) is 0.474. The van der Waals surface area contributed by atoms with Crippen molar-refractivity contribution < 1.29 is 19.3 Å². The van der Waals surface area contributed by atoms with Crippen molar-refractivity contribution in [2.75, 3.05) is 19.6 Å². The summed E-state index contributed by atoms with van der Waals surface area (Å²) in [5.41, 5.74) is -0.659. The number of nitro benzene ring substituents is 1. The molecule has 2 aliphatic heterocycles. The molecule has 0 N–H and O–H groups in total. The summed E-state index contributed by atoms with van der Waals surface area (Å²) in [6.07, 6.45) is 1.93. The molecule has 1 aromatic carbocycles. The van der Waals surface area contributed by atoms with Crippen LogP contribution in [0.3, 0.4) is 0 Å². The Morgan fingerprint density at radius 3 is 2.75 bits per heavy atom. The second-order valence-corrected chi connectivity index (χ2v) is 6.24. The van der Waals surface area contributed by atoms with Crippen molar-refractivity contribution in [2.24, 2.45) is 5.92 Å². The van der Waals surface area contributed by atoms with E-state index in [0.717, 1.165) is 17.7 Å². The van der Waals surface area contributed by atoms with E-state index in [4.69, 9.17) is 0 Å². The Labute approximate surface area is 138 Å². The molecule has 3 rings (SSSR count). The number of nitrogens with zero attached hydrogens (tertiary/aromatic N) is 3. The summed E-state index contributed by atoms with van der Waals surface area (Å²) in [6.45, 7) is 2.87. The van der Waals surface area contributed by atoms with Crippen LogP contribution in [0.2, 0.25) is 0 Å². The molecule has 0 radical (unpaired) electrons. The van der Waals surface area contributed by atoms with Gasteiger partial charge in [0.15, 0.2) is 0 Å². The highest BCUT2D eigenvalue weighted by molar-refractivity contribution is 6.24. The van der Waals surface area contributed by atoms with Crippen LogP contribution in [0.25, 0.3) is 0 Å². The molecule has 0 aromatic heterocycles. The first-order valence-electron chi connectivity index (χ1n) is 7.81. The molecule has 24 heavy (non-hydrogen) atoms. The number of carbonyl (C=O) groups is 3. The molecule has 1 aromatic rings. The van der Waals surface area contributed by atoms with E-state index >= 15 is 0 Å². The summed E-state index contributed by atoms with van der Waals surface area (Å²) in [6, 6.07) is 3.91. The highest BCUT2D eigenvalue weighted by Crippen LogP contribution is 2.30. The van der Waals surface area contributed by atoms with Crippen LogP contribution in [-0.2, 0) is 4.79 Å². The van der Waals surface area contributed by atoms with Crippen LogP contribution in [0.4, 0.5) is 5.69 Å². The van der Waals surface area contributed by atoms with Crippen LogP contribution in [0.15, 0.2) is 18.2 Å². The molecule has 0 bridgehead atoms. The van der Waals surface area contributed by atoms with E-state index in [2.05, 4.69) is 0 Å². The van der Waals surface area contributed by atoms with Gasteiger partial charge in [0, 0.05) is 19.2 Å². The summed E-state index contributed by atoms with van der Waals surface area (Å²) in [5, 5.41) is 11.1. The van der Waals surface area contributed by atoms with Gasteiger partial charge in [-0.1, -0.05) is 13.0 Å². The number of carbonyl (C=O) groups excluding carboxylic acids is 3. The van der Waals surface area contributed by atoms with Crippen LogP contribution in [0.5, 0.6) is 0 Å². The predicted molar refractivity (Wildman–Crippen MR) is 83.4 cm³/mol. The zero-order valence-corrected chi connectivity index (χ0v) is 13.2. The van der Waals surface area contributed by atoms with Crippen molar-refractivity contribution >= 4 is 23.4 Å². The molecule has 0 saturated carbocycles. The fourth-order valence-electron chi connectivity index (χ4n) is 3.26. The van der Waals surface area contributed by atoms with E-state index in [0.29, 0.717) is 19.0 Å². The van der Waals surface area contributed by atoms with Crippen molar-refractivity contribution in [3.05, 3.63) is 39.4 Å². The van der Waals surface area contributed by atoms with Crippen LogP contribution in [0.1, 0.15) is 40.5 Å². The Morgan fingerprint density at radius 2 is 2.08 bits per heavy atom. The SMILES string of the molecule is C[C@@H]1CCCN(C(=O)CN2C(=O)c3cccc([N+](=O)[O-])c3C2=O)C1. The average Bonchev–Trinajstić information content (AvgIpc) is 2.80. The third-order valence-electron chi connectivity index (χ3n) is 4.48. The monoisotopic (exact) mass is 331 g/mol. The molecule has 3 amide bonds. The van der Waals surface area contributed by atoms with Gasteiger partial charge in [-0.05, 0) is 24.8 Å². The Kier molecular flexibility index (Phi) is 4.04. The van der Waals surface area contributed by atoms with Gasteiger partial charge in [0.1, 0.15) is 12.1 Å². The summed E-state index contributed by atoms with van der Waals surface area (Å²) in [4.78, 5) is 50.1. The zero-order chi connectivity index (χ0) is 17.4. The molecule has 0 unspecified atom stereocenters. The van der Waals surface area contributed by atoms with E-state index < -0.39 is 22.4 Å². The third-order valence-corrected chi connectivity index (χ3v) is 4.48. The second kappa shape index (κ2) is 6.03. The summed E-state index contributed by atoms with van der Waals surface area (Å²) >= 11 is 0. The van der Waals surface area contributed by atoms with E-state index in [9.17, 15) is 24.5 Å². The smallest absolute Gasteiger partial charge is 0.282 e.